The predicted octanol–water partition coefficient (Wildman–Crippen LogP) is 4.77. The minimum atomic E-state index is 0.708. The minimum absolute atomic E-state index is 0.708. The highest BCUT2D eigenvalue weighted by Gasteiger charge is 2.13. The second-order valence-electron chi connectivity index (χ2n) is 6.30. The van der Waals surface area contributed by atoms with Crippen molar-refractivity contribution in [1.29, 1.82) is 0 Å². The lowest BCUT2D eigenvalue weighted by Crippen LogP contribution is -2.32. The molecule has 0 bridgehead atoms. The van der Waals surface area contributed by atoms with Gasteiger partial charge in [-0.1, -0.05) is 72.8 Å². The van der Waals surface area contributed by atoms with E-state index < -0.39 is 0 Å². The number of nitrogens with zero attached hydrogens (tertiary/aromatic N) is 1. The molecule has 2 heteroatoms. The largest absolute Gasteiger partial charge is 0.306 e. The van der Waals surface area contributed by atoms with E-state index in [1.54, 1.807) is 0 Å². The van der Waals surface area contributed by atoms with Gasteiger partial charge in [0.25, 0.3) is 0 Å². The molecule has 24 heavy (non-hydrogen) atoms. The van der Waals surface area contributed by atoms with Crippen LogP contribution >= 0.6 is 0 Å². The van der Waals surface area contributed by atoms with Crippen molar-refractivity contribution in [2.75, 3.05) is 5.01 Å². The molecular weight excluding hydrogens is 292 g/mol. The van der Waals surface area contributed by atoms with Crippen LogP contribution in [0.2, 0.25) is 0 Å². The van der Waals surface area contributed by atoms with Crippen LogP contribution in [0.4, 0.5) is 5.69 Å². The predicted molar refractivity (Wildman–Crippen MR) is 102 cm³/mol. The summed E-state index contributed by atoms with van der Waals surface area (Å²) in [4.78, 5) is 0. The first-order valence-corrected chi connectivity index (χ1v) is 8.34. The second kappa shape index (κ2) is 7.33. The van der Waals surface area contributed by atoms with Gasteiger partial charge in [-0.05, 0) is 48.1 Å². The van der Waals surface area contributed by atoms with E-state index >= 15 is 0 Å². The van der Waals surface area contributed by atoms with E-state index in [0.717, 1.165) is 12.1 Å². The molecule has 0 aliphatic carbocycles. The highest BCUT2D eigenvalue weighted by molar-refractivity contribution is 5.60. The Balaban J connectivity index is 1.90. The summed E-state index contributed by atoms with van der Waals surface area (Å²) in [6.45, 7) is 4.97. The fourth-order valence-corrected chi connectivity index (χ4v) is 3.14. The molecule has 0 heterocycles. The summed E-state index contributed by atoms with van der Waals surface area (Å²) in [7, 11) is 0. The van der Waals surface area contributed by atoms with Gasteiger partial charge in [0.05, 0.1) is 12.2 Å². The van der Waals surface area contributed by atoms with Crippen LogP contribution in [0.15, 0.2) is 72.8 Å². The van der Waals surface area contributed by atoms with E-state index in [4.69, 9.17) is 5.84 Å². The maximum Gasteiger partial charge on any atom is 0.0595 e. The molecule has 0 aromatic heterocycles. The zero-order valence-corrected chi connectivity index (χ0v) is 14.4. The maximum atomic E-state index is 6.48. The Morgan fingerprint density at radius 2 is 1.33 bits per heavy atom. The van der Waals surface area contributed by atoms with Crippen molar-refractivity contribution in [1.82, 2.24) is 0 Å². The van der Waals surface area contributed by atoms with Crippen LogP contribution in [0.3, 0.4) is 0 Å². The highest BCUT2D eigenvalue weighted by atomic mass is 15.4. The van der Waals surface area contributed by atoms with Crippen LogP contribution in [0.1, 0.15) is 27.8 Å². The van der Waals surface area contributed by atoms with Crippen molar-refractivity contribution in [3.05, 3.63) is 101 Å². The lowest BCUT2D eigenvalue weighted by atomic mass is 9.99. The standard InChI is InChI=1S/C22H24N2/c1-17-9-6-7-13-21(17)16-24(23)22-18(2)10-8-14-20(22)15-19-11-4-3-5-12-19/h3-14H,15-16,23H2,1-2H3. The van der Waals surface area contributed by atoms with Crippen molar-refractivity contribution in [2.45, 2.75) is 26.8 Å². The topological polar surface area (TPSA) is 29.3 Å². The lowest BCUT2D eigenvalue weighted by Gasteiger charge is -2.25. The first-order chi connectivity index (χ1) is 11.6. The molecule has 0 atom stereocenters. The van der Waals surface area contributed by atoms with Gasteiger partial charge in [0.1, 0.15) is 0 Å². The van der Waals surface area contributed by atoms with Crippen molar-refractivity contribution >= 4 is 5.69 Å². The number of hydrogen-bond acceptors (Lipinski definition) is 2. The van der Waals surface area contributed by atoms with Crippen LogP contribution in [-0.4, -0.2) is 0 Å². The normalized spacial score (nSPS) is 10.6. The van der Waals surface area contributed by atoms with Gasteiger partial charge >= 0.3 is 0 Å². The molecule has 0 fully saturated rings. The van der Waals surface area contributed by atoms with Crippen LogP contribution in [-0.2, 0) is 13.0 Å². The molecule has 122 valence electrons. The minimum Gasteiger partial charge on any atom is -0.306 e. The molecule has 3 aromatic rings. The first kappa shape index (κ1) is 16.3. The van der Waals surface area contributed by atoms with Gasteiger partial charge in [-0.2, -0.15) is 0 Å². The van der Waals surface area contributed by atoms with Crippen LogP contribution < -0.4 is 10.9 Å². The van der Waals surface area contributed by atoms with Crippen LogP contribution in [0, 0.1) is 13.8 Å². The molecule has 0 amide bonds. The number of anilines is 1. The van der Waals surface area contributed by atoms with E-state index in [2.05, 4.69) is 80.6 Å². The number of benzene rings is 3. The Hall–Kier alpha value is -2.58. The number of aryl methyl sites for hydroxylation is 2. The van der Waals surface area contributed by atoms with E-state index in [9.17, 15) is 0 Å². The van der Waals surface area contributed by atoms with Gasteiger partial charge in [0.2, 0.25) is 0 Å². The smallest absolute Gasteiger partial charge is 0.0595 e. The Morgan fingerprint density at radius 3 is 2.08 bits per heavy atom. The third kappa shape index (κ3) is 3.66. The first-order valence-electron chi connectivity index (χ1n) is 8.34. The van der Waals surface area contributed by atoms with Gasteiger partial charge in [-0.25, -0.2) is 5.84 Å². The Labute approximate surface area is 144 Å². The summed E-state index contributed by atoms with van der Waals surface area (Å²) in [6.07, 6.45) is 0.888. The molecular formula is C22H24N2. The van der Waals surface area contributed by atoms with Gasteiger partial charge < -0.3 is 5.01 Å². The summed E-state index contributed by atoms with van der Waals surface area (Å²) in [5.41, 5.74) is 7.43. The third-order valence-electron chi connectivity index (χ3n) is 4.45. The number of nitrogens with two attached hydrogens (primary N) is 1. The van der Waals surface area contributed by atoms with Crippen molar-refractivity contribution < 1.29 is 0 Å². The Bertz CT molecular complexity index is 809. The zero-order valence-electron chi connectivity index (χ0n) is 14.4. The van der Waals surface area contributed by atoms with Gasteiger partial charge in [0.15, 0.2) is 0 Å². The number of rotatable bonds is 5. The molecule has 0 spiro atoms. The van der Waals surface area contributed by atoms with Crippen molar-refractivity contribution in [3.63, 3.8) is 0 Å². The number of hydrazine groups is 1. The Morgan fingerprint density at radius 1 is 0.708 bits per heavy atom. The summed E-state index contributed by atoms with van der Waals surface area (Å²) in [5.74, 6) is 6.48. The number of para-hydroxylation sites is 1. The van der Waals surface area contributed by atoms with E-state index in [-0.39, 0.29) is 0 Å². The summed E-state index contributed by atoms with van der Waals surface area (Å²) >= 11 is 0. The third-order valence-corrected chi connectivity index (χ3v) is 4.45. The quantitative estimate of drug-likeness (QED) is 0.542. The molecule has 0 aliphatic rings. The molecule has 0 aliphatic heterocycles. The van der Waals surface area contributed by atoms with E-state index in [0.29, 0.717) is 6.54 Å². The van der Waals surface area contributed by atoms with Crippen LogP contribution in [0.5, 0.6) is 0 Å². The molecule has 2 N–H and O–H groups in total. The molecule has 3 rings (SSSR count). The SMILES string of the molecule is Cc1ccccc1CN(N)c1c(C)cccc1Cc1ccccc1. The van der Waals surface area contributed by atoms with Gasteiger partial charge in [-0.15, -0.1) is 0 Å². The molecule has 0 saturated heterocycles. The molecule has 0 saturated carbocycles. The van der Waals surface area contributed by atoms with Gasteiger partial charge in [-0.3, -0.25) is 0 Å². The Kier molecular flexibility index (Phi) is 4.97. The van der Waals surface area contributed by atoms with E-state index in [1.165, 1.54) is 27.8 Å². The number of hydrogen-bond donors (Lipinski definition) is 1. The second-order valence-corrected chi connectivity index (χ2v) is 6.30. The van der Waals surface area contributed by atoms with Crippen molar-refractivity contribution in [3.8, 4) is 0 Å². The van der Waals surface area contributed by atoms with Crippen molar-refractivity contribution in [2.24, 2.45) is 5.84 Å². The molecule has 0 unspecified atom stereocenters. The zero-order chi connectivity index (χ0) is 16.9. The average molecular weight is 316 g/mol. The molecule has 0 radical (unpaired) electrons. The maximum absolute atomic E-state index is 6.48. The molecule has 3 aromatic carbocycles. The fourth-order valence-electron chi connectivity index (χ4n) is 3.14. The summed E-state index contributed by atoms with van der Waals surface area (Å²) in [5, 5.41) is 1.88. The molecule has 2 nitrogen and oxygen atoms in total. The monoisotopic (exact) mass is 316 g/mol. The average Bonchev–Trinajstić information content (AvgIpc) is 2.58. The highest BCUT2D eigenvalue weighted by Crippen LogP contribution is 2.27. The summed E-state index contributed by atoms with van der Waals surface area (Å²) < 4.78 is 0. The fraction of sp³-hybridized carbons (Fsp3) is 0.182. The summed E-state index contributed by atoms with van der Waals surface area (Å²) in [6, 6.07) is 25.4. The van der Waals surface area contributed by atoms with E-state index in [1.807, 2.05) is 11.1 Å². The van der Waals surface area contributed by atoms with Gasteiger partial charge in [0, 0.05) is 0 Å². The lowest BCUT2D eigenvalue weighted by molar-refractivity contribution is 0.834. The van der Waals surface area contributed by atoms with Crippen LogP contribution in [0.25, 0.3) is 0 Å².